The monoisotopic (exact) mass is 804 g/mol. The fraction of sp³-hybridized carbons (Fsp3) is 1.00. The van der Waals surface area contributed by atoms with Crippen molar-refractivity contribution in [3.05, 3.63) is 0 Å². The maximum atomic E-state index is 8.99. The Kier molecular flexibility index (Phi) is 73.7. The zero-order chi connectivity index (χ0) is 29.6. The molecule has 0 fully saturated rings. The SMILES string of the molecule is CN(C)C(O)O.CN(C)C(O)O.CN(C)C(O)O.CN(C)C(O)O.CN(O[C@@H](O)N(C)C)C(O)O.O.[Zn].[Zn].[Zn].[Zn]. The van der Waals surface area contributed by atoms with Gasteiger partial charge in [0.25, 0.3) is 0 Å². The molecule has 23 heteroatoms. The minimum Gasteiger partial charge on any atom is -0.412 e. The minimum absolute atomic E-state index is 0. The Balaban J connectivity index is -0.0000000350. The van der Waals surface area contributed by atoms with Crippen molar-refractivity contribution in [3.63, 3.8) is 0 Å². The number of nitrogens with zero attached hydrogens (tertiary/aromatic N) is 6. The molecule has 0 bridgehead atoms. The number of aliphatic hydroxyl groups is 11. The molecule has 0 heterocycles. The summed E-state index contributed by atoms with van der Waals surface area (Å²) < 4.78 is 0. The molecular formula is C17H52N6O13Zn4. The molecule has 19 nitrogen and oxygen atoms in total. The van der Waals surface area contributed by atoms with Crippen LogP contribution in [-0.2, 0) is 82.7 Å². The molecule has 0 saturated carbocycles. The Morgan fingerprint density at radius 1 is 0.350 bits per heavy atom. The Bertz CT molecular complexity index is 353. The van der Waals surface area contributed by atoms with Crippen LogP contribution in [-0.4, -0.2) is 207 Å². The van der Waals surface area contributed by atoms with E-state index in [9.17, 15) is 0 Å². The normalized spacial score (nSPS) is 10.7. The van der Waals surface area contributed by atoms with Gasteiger partial charge < -0.3 is 61.6 Å². The van der Waals surface area contributed by atoms with E-state index in [4.69, 9.17) is 56.2 Å². The number of hydrogen-bond acceptors (Lipinski definition) is 18. The zero-order valence-electron chi connectivity index (χ0n) is 25.8. The molecule has 0 saturated heterocycles. The molecule has 0 spiro atoms. The second-order valence-corrected chi connectivity index (χ2v) is 7.53. The summed E-state index contributed by atoms with van der Waals surface area (Å²) in [5.74, 6) is 0. The molecule has 0 aromatic heterocycles. The topological polar surface area (TPSA) is 283 Å². The summed E-state index contributed by atoms with van der Waals surface area (Å²) in [6.45, 7) is 0. The fourth-order valence-corrected chi connectivity index (χ4v) is 0.297. The average Bonchev–Trinajstić information content (AvgIpc) is 2.69. The number of hydroxylamine groups is 2. The van der Waals surface area contributed by atoms with E-state index >= 15 is 0 Å². The van der Waals surface area contributed by atoms with Crippen molar-refractivity contribution < 1.29 is 144 Å². The van der Waals surface area contributed by atoms with Gasteiger partial charge in [-0.3, -0.25) is 24.5 Å². The van der Waals surface area contributed by atoms with Gasteiger partial charge in [0.05, 0.1) is 0 Å². The molecule has 0 aromatic carbocycles. The first-order chi connectivity index (χ1) is 15.5. The molecule has 13 N–H and O–H groups in total. The van der Waals surface area contributed by atoms with Gasteiger partial charge in [0.1, 0.15) is 0 Å². The molecule has 40 heavy (non-hydrogen) atoms. The van der Waals surface area contributed by atoms with Crippen LogP contribution < -0.4 is 0 Å². The maximum Gasteiger partial charge on any atom is 0.235 e. The van der Waals surface area contributed by atoms with Crippen molar-refractivity contribution in [2.75, 3.05) is 77.5 Å². The van der Waals surface area contributed by atoms with Crippen molar-refractivity contribution in [2.45, 2.75) is 38.5 Å². The standard InChI is InChI=1S/C5H14N2O4.4C3H9NO2.H2O.4Zn/c1-6(2)5(10)11-7(3)4(8)9;4*1-4(2)3(5)6;;;;;/h4-5,8-10H,1-3H3;4*3,5-6H,1-2H3;1H2;;;;/t5-;;;;;;;;;/m1........./s1. The van der Waals surface area contributed by atoms with Crippen LogP contribution in [0.1, 0.15) is 0 Å². The Labute approximate surface area is 288 Å². The van der Waals surface area contributed by atoms with E-state index in [0.29, 0.717) is 0 Å². The van der Waals surface area contributed by atoms with E-state index in [1.165, 1.54) is 31.5 Å². The molecule has 0 unspecified atom stereocenters. The van der Waals surface area contributed by atoms with Gasteiger partial charge in [0.2, 0.25) is 38.5 Å². The first kappa shape index (κ1) is 68.8. The summed E-state index contributed by atoms with van der Waals surface area (Å²) in [7, 11) is 17.1. The van der Waals surface area contributed by atoms with Gasteiger partial charge in [-0.15, -0.1) is 5.06 Å². The molecule has 0 rings (SSSR count). The van der Waals surface area contributed by atoms with E-state index in [2.05, 4.69) is 4.84 Å². The summed E-state index contributed by atoms with van der Waals surface area (Å²) in [6, 6.07) is 0. The second kappa shape index (κ2) is 42.9. The molecular weight excluding hydrogens is 758 g/mol. The van der Waals surface area contributed by atoms with Gasteiger partial charge in [0, 0.05) is 85.0 Å². The third-order valence-electron chi connectivity index (χ3n) is 2.88. The minimum atomic E-state index is -1.73. The molecule has 0 aliphatic rings. The molecule has 0 radical (unpaired) electrons. The smallest absolute Gasteiger partial charge is 0.235 e. The largest absolute Gasteiger partial charge is 0.412 e. The van der Waals surface area contributed by atoms with E-state index < -0.39 is 38.5 Å². The van der Waals surface area contributed by atoms with E-state index in [1.807, 2.05) is 0 Å². The first-order valence-corrected chi connectivity index (χ1v) is 9.73. The van der Waals surface area contributed by atoms with Gasteiger partial charge in [-0.05, 0) is 70.5 Å². The summed E-state index contributed by atoms with van der Waals surface area (Å²) in [4.78, 5) is 11.1. The number of rotatable bonds is 8. The van der Waals surface area contributed by atoms with Gasteiger partial charge in [0.15, 0.2) is 0 Å². The Morgan fingerprint density at radius 2 is 0.500 bits per heavy atom. The molecule has 0 aromatic rings. The molecule has 1 atom stereocenters. The summed E-state index contributed by atoms with van der Waals surface area (Å²) in [5, 5.41) is 91.6. The van der Waals surface area contributed by atoms with Gasteiger partial charge in [-0.2, -0.15) is 0 Å². The molecule has 0 amide bonds. The van der Waals surface area contributed by atoms with Crippen molar-refractivity contribution in [3.8, 4) is 0 Å². The van der Waals surface area contributed by atoms with Crippen LogP contribution in [0.4, 0.5) is 0 Å². The van der Waals surface area contributed by atoms with E-state index in [1.54, 1.807) is 70.5 Å². The van der Waals surface area contributed by atoms with Gasteiger partial charge in [-0.1, -0.05) is 0 Å². The number of hydrogen-bond donors (Lipinski definition) is 11. The average molecular weight is 810 g/mol. The molecule has 236 valence electrons. The molecule has 0 aliphatic carbocycles. The van der Waals surface area contributed by atoms with Crippen molar-refractivity contribution >= 4 is 0 Å². The van der Waals surface area contributed by atoms with Crippen molar-refractivity contribution in [1.82, 2.24) is 29.6 Å². The van der Waals surface area contributed by atoms with Gasteiger partial charge in [-0.25, -0.2) is 4.84 Å². The maximum absolute atomic E-state index is 8.99. The van der Waals surface area contributed by atoms with E-state index in [0.717, 1.165) is 5.06 Å². The quantitative estimate of drug-likeness (QED) is 0.0617. The number of aliphatic hydroxyl groups excluding tert-OH is 6. The van der Waals surface area contributed by atoms with Gasteiger partial charge >= 0.3 is 0 Å². The van der Waals surface area contributed by atoms with E-state index in [-0.39, 0.29) is 83.4 Å². The van der Waals surface area contributed by atoms with Crippen LogP contribution in [0.15, 0.2) is 0 Å². The second-order valence-electron chi connectivity index (χ2n) is 7.53. The summed E-state index contributed by atoms with van der Waals surface area (Å²) in [5.41, 5.74) is 0. The zero-order valence-corrected chi connectivity index (χ0v) is 37.7. The van der Waals surface area contributed by atoms with Crippen LogP contribution in [0.2, 0.25) is 0 Å². The molecule has 0 aliphatic heterocycles. The van der Waals surface area contributed by atoms with Crippen LogP contribution in [0.3, 0.4) is 0 Å². The van der Waals surface area contributed by atoms with Crippen molar-refractivity contribution in [1.29, 1.82) is 0 Å². The predicted octanol–water partition coefficient (Wildman–Crippen LogP) is -7.61. The summed E-state index contributed by atoms with van der Waals surface area (Å²) in [6.07, 6.45) is -8.17. The summed E-state index contributed by atoms with van der Waals surface area (Å²) >= 11 is 0. The Hall–Kier alpha value is 1.73. The van der Waals surface area contributed by atoms with Crippen LogP contribution in [0, 0.1) is 0 Å². The Morgan fingerprint density at radius 3 is 0.575 bits per heavy atom. The third kappa shape index (κ3) is 67.4. The fourth-order valence-electron chi connectivity index (χ4n) is 0.297. The van der Waals surface area contributed by atoms with Crippen LogP contribution in [0.25, 0.3) is 0 Å². The first-order valence-electron chi connectivity index (χ1n) is 9.73. The van der Waals surface area contributed by atoms with Crippen LogP contribution >= 0.6 is 0 Å². The third-order valence-corrected chi connectivity index (χ3v) is 2.88. The predicted molar refractivity (Wildman–Crippen MR) is 128 cm³/mol. The van der Waals surface area contributed by atoms with Crippen LogP contribution in [0.5, 0.6) is 0 Å². The van der Waals surface area contributed by atoms with Crippen molar-refractivity contribution in [2.24, 2.45) is 0 Å².